The number of carboxylic acids is 5. The fourth-order valence-electron chi connectivity index (χ4n) is 4.35. The lowest BCUT2D eigenvalue weighted by atomic mass is 10.1. The lowest BCUT2D eigenvalue weighted by Crippen LogP contribution is -1.95. The van der Waals surface area contributed by atoms with Crippen molar-refractivity contribution >= 4 is 35.8 Å². The maximum atomic E-state index is 10.0. The zero-order chi connectivity index (χ0) is 44.9. The Morgan fingerprint density at radius 3 is 0.589 bits per heavy atom. The summed E-state index contributed by atoms with van der Waals surface area (Å²) < 4.78 is 4.40. The largest absolute Gasteiger partial charge is 0.481 e. The van der Waals surface area contributed by atoms with Gasteiger partial charge in [-0.05, 0) is 68.6 Å². The Bertz CT molecular complexity index is 761. The quantitative estimate of drug-likeness (QED) is 0.0408. The summed E-state index contributed by atoms with van der Waals surface area (Å²) in [7, 11) is 0. The number of unbranched alkanes of at least 4 members (excludes halogenated alkanes) is 5. The van der Waals surface area contributed by atoms with Crippen molar-refractivity contribution in [3.8, 4) is 0 Å². The average Bonchev–Trinajstić information content (AvgIpc) is 3.04. The number of aliphatic carboxylic acids is 5. The summed E-state index contributed by atoms with van der Waals surface area (Å²) in [6.45, 7) is 25.2. The topological polar surface area (TPSA) is 213 Å². The number of ether oxygens (including phenoxy) is 1. The van der Waals surface area contributed by atoms with Gasteiger partial charge in [0.2, 0.25) is 0 Å². The third kappa shape index (κ3) is 104. The fraction of sp³-hybridized carbons (Fsp3) is 0.864. The number of hydrogen-bond acceptors (Lipinski definition) is 7. The highest BCUT2D eigenvalue weighted by Gasteiger charge is 2.01. The van der Waals surface area contributed by atoms with Gasteiger partial charge in [0.1, 0.15) is 0 Å². The van der Waals surface area contributed by atoms with Gasteiger partial charge in [0.15, 0.2) is 0 Å². The molecular formula is C44H88O12. The number of rotatable bonds is 26. The molecule has 5 N–H and O–H groups in total. The second-order valence-electron chi connectivity index (χ2n) is 16.1. The molecule has 0 saturated carbocycles. The molecule has 0 aromatic heterocycles. The lowest BCUT2D eigenvalue weighted by Gasteiger charge is -2.01. The SMILES string of the molecule is CC(C)CCCCC(=O)O.CC(C)CCCCC(=O)O.CC(C)CCCCC(=O)O.CC(C)CCCCC(=O)O.CC(C)CCCCC(=O)O.CCOC(C)=O. The minimum absolute atomic E-state index is 0.211. The fourth-order valence-corrected chi connectivity index (χ4v) is 4.35. The smallest absolute Gasteiger partial charge is 0.303 e. The van der Waals surface area contributed by atoms with Crippen LogP contribution in [-0.4, -0.2) is 68.0 Å². The van der Waals surface area contributed by atoms with Crippen LogP contribution in [0, 0.1) is 29.6 Å². The van der Waals surface area contributed by atoms with Crippen LogP contribution in [0.2, 0.25) is 0 Å². The van der Waals surface area contributed by atoms with Crippen molar-refractivity contribution < 1.29 is 59.0 Å². The van der Waals surface area contributed by atoms with Gasteiger partial charge in [-0.25, -0.2) is 0 Å². The third-order valence-electron chi connectivity index (χ3n) is 7.46. The average molecular weight is 809 g/mol. The first-order valence-electron chi connectivity index (χ1n) is 21.1. The molecule has 336 valence electrons. The van der Waals surface area contributed by atoms with Gasteiger partial charge in [0.05, 0.1) is 6.61 Å². The van der Waals surface area contributed by atoms with Gasteiger partial charge >= 0.3 is 35.8 Å². The first kappa shape index (κ1) is 64.7. The Labute approximate surface area is 342 Å². The van der Waals surface area contributed by atoms with Crippen LogP contribution >= 0.6 is 0 Å². The number of hydrogen-bond donors (Lipinski definition) is 5. The Balaban J connectivity index is -0.000000135. The molecule has 56 heavy (non-hydrogen) atoms. The third-order valence-corrected chi connectivity index (χ3v) is 7.46. The predicted molar refractivity (Wildman–Crippen MR) is 227 cm³/mol. The molecule has 0 aliphatic carbocycles. The van der Waals surface area contributed by atoms with E-state index >= 15 is 0 Å². The summed E-state index contributed by atoms with van der Waals surface area (Å²) in [5, 5.41) is 41.4. The molecule has 0 aliphatic heterocycles. The molecular weight excluding hydrogens is 720 g/mol. The molecule has 0 atom stereocenters. The Kier molecular flexibility index (Phi) is 57.6. The second kappa shape index (κ2) is 49.8. The molecule has 0 aromatic carbocycles. The van der Waals surface area contributed by atoms with Crippen LogP contribution in [0.1, 0.15) is 212 Å². The maximum Gasteiger partial charge on any atom is 0.303 e. The van der Waals surface area contributed by atoms with Crippen LogP contribution in [0.3, 0.4) is 0 Å². The summed E-state index contributed by atoms with van der Waals surface area (Å²) in [6.07, 6.45) is 16.7. The zero-order valence-corrected chi connectivity index (χ0v) is 37.8. The van der Waals surface area contributed by atoms with Gasteiger partial charge < -0.3 is 30.3 Å². The summed E-state index contributed by atoms with van der Waals surface area (Å²) in [4.78, 5) is 60.0. The van der Waals surface area contributed by atoms with Gasteiger partial charge in [-0.1, -0.05) is 133 Å². The molecule has 0 unspecified atom stereocenters. The van der Waals surface area contributed by atoms with E-state index in [-0.39, 0.29) is 5.97 Å². The molecule has 0 aliphatic rings. The van der Waals surface area contributed by atoms with Gasteiger partial charge in [-0.2, -0.15) is 0 Å². The van der Waals surface area contributed by atoms with E-state index in [1.807, 2.05) is 0 Å². The zero-order valence-electron chi connectivity index (χ0n) is 37.8. The number of carbonyl (C=O) groups excluding carboxylic acids is 1. The van der Waals surface area contributed by atoms with E-state index in [0.717, 1.165) is 96.3 Å². The maximum absolute atomic E-state index is 10.0. The van der Waals surface area contributed by atoms with Crippen molar-refractivity contribution in [3.63, 3.8) is 0 Å². The molecule has 12 heteroatoms. The first-order valence-corrected chi connectivity index (χ1v) is 21.1. The molecule has 0 radical (unpaired) electrons. The summed E-state index contributed by atoms with van der Waals surface area (Å²) in [5.74, 6) is -0.0831. The van der Waals surface area contributed by atoms with Crippen molar-refractivity contribution in [2.24, 2.45) is 29.6 Å². The molecule has 0 bridgehead atoms. The standard InChI is InChI=1S/5C8H16O2.C4H8O2/c5*1-7(2)5-3-4-6-8(9)10;1-3-6-4(2)5/h5*7H,3-6H2,1-2H3,(H,9,10);3H2,1-2H3. The molecule has 0 fully saturated rings. The van der Waals surface area contributed by atoms with Gasteiger partial charge in [0.25, 0.3) is 0 Å². The van der Waals surface area contributed by atoms with Crippen molar-refractivity contribution in [2.45, 2.75) is 212 Å². The van der Waals surface area contributed by atoms with Gasteiger partial charge in [0, 0.05) is 39.0 Å². The van der Waals surface area contributed by atoms with E-state index in [4.69, 9.17) is 25.5 Å². The minimum Gasteiger partial charge on any atom is -0.481 e. The molecule has 12 nitrogen and oxygen atoms in total. The van der Waals surface area contributed by atoms with Crippen molar-refractivity contribution in [2.75, 3.05) is 6.61 Å². The first-order chi connectivity index (χ1) is 25.9. The minimum atomic E-state index is -0.677. The molecule has 0 heterocycles. The molecule has 0 saturated heterocycles. The van der Waals surface area contributed by atoms with Gasteiger partial charge in [-0.3, -0.25) is 28.8 Å². The Morgan fingerprint density at radius 1 is 0.357 bits per heavy atom. The normalized spacial score (nSPS) is 10.0. The van der Waals surface area contributed by atoms with E-state index in [9.17, 15) is 28.8 Å². The highest BCUT2D eigenvalue weighted by atomic mass is 16.5. The van der Waals surface area contributed by atoms with Crippen molar-refractivity contribution in [1.29, 1.82) is 0 Å². The van der Waals surface area contributed by atoms with E-state index in [0.29, 0.717) is 68.3 Å². The van der Waals surface area contributed by atoms with E-state index in [2.05, 4.69) is 74.0 Å². The lowest BCUT2D eigenvalue weighted by molar-refractivity contribution is -0.141. The van der Waals surface area contributed by atoms with Gasteiger partial charge in [-0.15, -0.1) is 0 Å². The number of carboxylic acid groups (broad SMARTS) is 5. The summed E-state index contributed by atoms with van der Waals surface area (Å²) in [6, 6.07) is 0. The van der Waals surface area contributed by atoms with E-state index in [1.165, 1.54) is 6.92 Å². The molecule has 0 spiro atoms. The Morgan fingerprint density at radius 2 is 0.518 bits per heavy atom. The number of carbonyl (C=O) groups is 6. The monoisotopic (exact) mass is 809 g/mol. The summed E-state index contributed by atoms with van der Waals surface area (Å²) >= 11 is 0. The Hall–Kier alpha value is -3.18. The van der Waals surface area contributed by atoms with Crippen LogP contribution < -0.4 is 0 Å². The van der Waals surface area contributed by atoms with Crippen LogP contribution in [0.5, 0.6) is 0 Å². The van der Waals surface area contributed by atoms with Crippen molar-refractivity contribution in [3.05, 3.63) is 0 Å². The van der Waals surface area contributed by atoms with Crippen LogP contribution in [0.25, 0.3) is 0 Å². The molecule has 0 rings (SSSR count). The summed E-state index contributed by atoms with van der Waals surface area (Å²) in [5.41, 5.74) is 0. The van der Waals surface area contributed by atoms with Crippen molar-refractivity contribution in [1.82, 2.24) is 0 Å². The predicted octanol–water partition coefficient (Wildman–Crippen LogP) is 12.0. The second-order valence-corrected chi connectivity index (χ2v) is 16.1. The van der Waals surface area contributed by atoms with Crippen LogP contribution in [-0.2, 0) is 33.5 Å². The molecule has 0 amide bonds. The molecule has 0 aromatic rings. The van der Waals surface area contributed by atoms with E-state index < -0.39 is 29.8 Å². The van der Waals surface area contributed by atoms with E-state index in [1.54, 1.807) is 6.92 Å². The number of esters is 1. The van der Waals surface area contributed by atoms with Crippen LogP contribution in [0.15, 0.2) is 0 Å². The highest BCUT2D eigenvalue weighted by molar-refractivity contribution is 5.67. The highest BCUT2D eigenvalue weighted by Crippen LogP contribution is 2.10. The van der Waals surface area contributed by atoms with Crippen LogP contribution in [0.4, 0.5) is 0 Å².